The summed E-state index contributed by atoms with van der Waals surface area (Å²) in [5.74, 6) is -1.91. The minimum Gasteiger partial charge on any atom is -0.480 e. The van der Waals surface area contributed by atoms with Gasteiger partial charge in [-0.1, -0.05) is 0 Å². The summed E-state index contributed by atoms with van der Waals surface area (Å²) < 4.78 is 26.4. The Morgan fingerprint density at radius 2 is 2.24 bits per heavy atom. The fourth-order valence-corrected chi connectivity index (χ4v) is 2.18. The van der Waals surface area contributed by atoms with Crippen LogP contribution in [-0.4, -0.2) is 28.6 Å². The van der Waals surface area contributed by atoms with Gasteiger partial charge in [0.15, 0.2) is 0 Å². The number of hydrogen-bond donors (Lipinski definition) is 1. The molecule has 1 aliphatic rings. The van der Waals surface area contributed by atoms with Crippen LogP contribution in [0.3, 0.4) is 0 Å². The maximum absolute atomic E-state index is 13.4. The van der Waals surface area contributed by atoms with Crippen molar-refractivity contribution in [1.29, 1.82) is 0 Å². The van der Waals surface area contributed by atoms with Gasteiger partial charge in [0.2, 0.25) is 0 Å². The maximum atomic E-state index is 13.4. The first-order chi connectivity index (χ1) is 8.08. The molecule has 3 nitrogen and oxygen atoms in total. The molecule has 1 aromatic carbocycles. The van der Waals surface area contributed by atoms with Crippen molar-refractivity contribution in [3.8, 4) is 0 Å². The molecule has 0 unspecified atom stereocenters. The molecule has 2 rings (SSSR count). The van der Waals surface area contributed by atoms with Crippen LogP contribution in [0.1, 0.15) is 18.4 Å². The molecule has 1 atom stereocenters. The largest absolute Gasteiger partial charge is 0.480 e. The molecule has 0 saturated carbocycles. The average molecular weight is 241 g/mol. The van der Waals surface area contributed by atoms with E-state index in [-0.39, 0.29) is 12.1 Å². The van der Waals surface area contributed by atoms with Crippen LogP contribution in [0.5, 0.6) is 0 Å². The van der Waals surface area contributed by atoms with Gasteiger partial charge in [0.25, 0.3) is 0 Å². The lowest BCUT2D eigenvalue weighted by Gasteiger charge is -2.21. The smallest absolute Gasteiger partial charge is 0.320 e. The predicted octanol–water partition coefficient (Wildman–Crippen LogP) is 2.01. The van der Waals surface area contributed by atoms with Gasteiger partial charge in [-0.3, -0.25) is 9.69 Å². The van der Waals surface area contributed by atoms with Crippen LogP contribution in [0, 0.1) is 11.6 Å². The fraction of sp³-hybridized carbons (Fsp3) is 0.417. The Morgan fingerprint density at radius 1 is 1.47 bits per heavy atom. The van der Waals surface area contributed by atoms with Gasteiger partial charge in [-0.25, -0.2) is 8.78 Å². The average Bonchev–Trinajstić information content (AvgIpc) is 2.71. The lowest BCUT2D eigenvalue weighted by atomic mass is 10.1. The summed E-state index contributed by atoms with van der Waals surface area (Å²) in [6.07, 6.45) is 1.33. The molecule has 0 amide bonds. The second kappa shape index (κ2) is 4.79. The van der Waals surface area contributed by atoms with Gasteiger partial charge < -0.3 is 5.11 Å². The van der Waals surface area contributed by atoms with Crippen molar-refractivity contribution in [2.24, 2.45) is 0 Å². The van der Waals surface area contributed by atoms with E-state index in [2.05, 4.69) is 0 Å². The van der Waals surface area contributed by atoms with Crippen molar-refractivity contribution in [3.05, 3.63) is 35.4 Å². The molecule has 0 aromatic heterocycles. The minimum absolute atomic E-state index is 0.139. The van der Waals surface area contributed by atoms with Crippen molar-refractivity contribution in [3.63, 3.8) is 0 Å². The highest BCUT2D eigenvalue weighted by Crippen LogP contribution is 2.21. The molecule has 1 heterocycles. The number of aliphatic carboxylic acids is 1. The van der Waals surface area contributed by atoms with E-state index >= 15 is 0 Å². The van der Waals surface area contributed by atoms with Gasteiger partial charge in [0.1, 0.15) is 17.7 Å². The molecule has 17 heavy (non-hydrogen) atoms. The molecule has 1 N–H and O–H groups in total. The number of carboxylic acids is 1. The van der Waals surface area contributed by atoms with Crippen molar-refractivity contribution in [1.82, 2.24) is 4.90 Å². The fourth-order valence-electron chi connectivity index (χ4n) is 2.18. The quantitative estimate of drug-likeness (QED) is 0.880. The number of rotatable bonds is 3. The number of hydrogen-bond acceptors (Lipinski definition) is 2. The van der Waals surface area contributed by atoms with Gasteiger partial charge in [0, 0.05) is 12.1 Å². The van der Waals surface area contributed by atoms with Gasteiger partial charge in [-0.2, -0.15) is 0 Å². The van der Waals surface area contributed by atoms with Gasteiger partial charge in [-0.15, -0.1) is 0 Å². The third kappa shape index (κ3) is 2.61. The summed E-state index contributed by atoms with van der Waals surface area (Å²) in [7, 11) is 0. The molecule has 0 aliphatic carbocycles. The molecule has 0 bridgehead atoms. The molecule has 1 aliphatic heterocycles. The summed E-state index contributed by atoms with van der Waals surface area (Å²) in [5, 5.41) is 8.98. The summed E-state index contributed by atoms with van der Waals surface area (Å²) in [5.41, 5.74) is 0.207. The molecule has 0 spiro atoms. The standard InChI is InChI=1S/C12H13F2NO2/c13-9-3-4-10(14)8(6-9)7-15-5-1-2-11(15)12(16)17/h3-4,6,11H,1-2,5,7H2,(H,16,17)/t11-/m1/s1. The van der Waals surface area contributed by atoms with E-state index in [1.807, 2.05) is 0 Å². The first kappa shape index (κ1) is 12.0. The van der Waals surface area contributed by atoms with Crippen LogP contribution in [0.4, 0.5) is 8.78 Å². The number of nitrogens with zero attached hydrogens (tertiary/aromatic N) is 1. The molecule has 0 radical (unpaired) electrons. The summed E-state index contributed by atoms with van der Waals surface area (Å²) >= 11 is 0. The molecule has 1 fully saturated rings. The molecule has 1 aromatic rings. The highest BCUT2D eigenvalue weighted by Gasteiger charge is 2.30. The van der Waals surface area contributed by atoms with Crippen molar-refractivity contribution in [2.75, 3.05) is 6.54 Å². The Kier molecular flexibility index (Phi) is 3.38. The predicted molar refractivity (Wildman–Crippen MR) is 57.4 cm³/mol. The molecular weight excluding hydrogens is 228 g/mol. The molecular formula is C12H13F2NO2. The number of benzene rings is 1. The van der Waals surface area contributed by atoms with Crippen molar-refractivity contribution >= 4 is 5.97 Å². The monoisotopic (exact) mass is 241 g/mol. The number of halogens is 2. The highest BCUT2D eigenvalue weighted by molar-refractivity contribution is 5.73. The van der Waals surface area contributed by atoms with E-state index < -0.39 is 23.6 Å². The molecule has 92 valence electrons. The minimum atomic E-state index is -0.903. The molecule has 5 heteroatoms. The SMILES string of the molecule is O=C(O)[C@H]1CCCN1Cc1cc(F)ccc1F. The van der Waals surface area contributed by atoms with Crippen LogP contribution < -0.4 is 0 Å². The Hall–Kier alpha value is -1.49. The first-order valence-electron chi connectivity index (χ1n) is 5.48. The summed E-state index contributed by atoms with van der Waals surface area (Å²) in [4.78, 5) is 12.6. The topological polar surface area (TPSA) is 40.5 Å². The van der Waals surface area contributed by atoms with E-state index in [1.54, 1.807) is 4.90 Å². The van der Waals surface area contributed by atoms with E-state index in [4.69, 9.17) is 5.11 Å². The van der Waals surface area contributed by atoms with Crippen LogP contribution >= 0.6 is 0 Å². The number of likely N-dealkylation sites (tertiary alicyclic amines) is 1. The van der Waals surface area contributed by atoms with Crippen LogP contribution in [0.25, 0.3) is 0 Å². The summed E-state index contributed by atoms with van der Waals surface area (Å²) in [6, 6.07) is 2.65. The van der Waals surface area contributed by atoms with E-state index in [9.17, 15) is 13.6 Å². The first-order valence-corrected chi connectivity index (χ1v) is 5.48. The normalized spacial score (nSPS) is 20.7. The van der Waals surface area contributed by atoms with E-state index in [1.165, 1.54) is 0 Å². The number of carbonyl (C=O) groups is 1. The van der Waals surface area contributed by atoms with Crippen molar-refractivity contribution < 1.29 is 18.7 Å². The zero-order chi connectivity index (χ0) is 12.4. The lowest BCUT2D eigenvalue weighted by Crippen LogP contribution is -2.35. The Balaban J connectivity index is 2.15. The Morgan fingerprint density at radius 3 is 2.94 bits per heavy atom. The van der Waals surface area contributed by atoms with Crippen LogP contribution in [-0.2, 0) is 11.3 Å². The second-order valence-electron chi connectivity index (χ2n) is 4.20. The van der Waals surface area contributed by atoms with Crippen molar-refractivity contribution in [2.45, 2.75) is 25.4 Å². The Labute approximate surface area is 97.7 Å². The van der Waals surface area contributed by atoms with E-state index in [0.29, 0.717) is 13.0 Å². The second-order valence-corrected chi connectivity index (χ2v) is 4.20. The Bertz CT molecular complexity index is 437. The lowest BCUT2D eigenvalue weighted by molar-refractivity contribution is -0.142. The van der Waals surface area contributed by atoms with Gasteiger partial charge in [-0.05, 0) is 37.6 Å². The zero-order valence-electron chi connectivity index (χ0n) is 9.20. The zero-order valence-corrected chi connectivity index (χ0v) is 9.20. The number of carboxylic acid groups (broad SMARTS) is 1. The highest BCUT2D eigenvalue weighted by atomic mass is 19.1. The van der Waals surface area contributed by atoms with Gasteiger partial charge in [0.05, 0.1) is 0 Å². The van der Waals surface area contributed by atoms with Gasteiger partial charge >= 0.3 is 5.97 Å². The van der Waals surface area contributed by atoms with E-state index in [0.717, 1.165) is 24.6 Å². The third-order valence-electron chi connectivity index (χ3n) is 3.03. The van der Waals surface area contributed by atoms with Crippen LogP contribution in [0.15, 0.2) is 18.2 Å². The van der Waals surface area contributed by atoms with Crippen LogP contribution in [0.2, 0.25) is 0 Å². The maximum Gasteiger partial charge on any atom is 0.320 e. The molecule has 1 saturated heterocycles. The summed E-state index contributed by atoms with van der Waals surface area (Å²) in [6.45, 7) is 0.744. The third-order valence-corrected chi connectivity index (χ3v) is 3.03.